The third kappa shape index (κ3) is 3.50. The van der Waals surface area contributed by atoms with Crippen LogP contribution in [0, 0.1) is 5.92 Å². The molecule has 9 nitrogen and oxygen atoms in total. The highest BCUT2D eigenvalue weighted by atomic mass is 16.5. The molecule has 1 aromatic heterocycles. The van der Waals surface area contributed by atoms with Crippen LogP contribution in [0.4, 0.5) is 11.6 Å². The smallest absolute Gasteiger partial charge is 0.248 e. The number of anilines is 2. The summed E-state index contributed by atoms with van der Waals surface area (Å²) in [5.41, 5.74) is 0.666. The van der Waals surface area contributed by atoms with Crippen LogP contribution in [0.5, 0.6) is 5.75 Å². The Labute approximate surface area is 156 Å². The summed E-state index contributed by atoms with van der Waals surface area (Å²) in [5.74, 6) is 0.539. The summed E-state index contributed by atoms with van der Waals surface area (Å²) in [5, 5.41) is 9.53. The van der Waals surface area contributed by atoms with Gasteiger partial charge < -0.3 is 14.4 Å². The Morgan fingerprint density at radius 1 is 1.41 bits per heavy atom. The number of aromatic nitrogens is 3. The van der Waals surface area contributed by atoms with Crippen LogP contribution in [0.15, 0.2) is 24.3 Å². The van der Waals surface area contributed by atoms with Crippen LogP contribution < -0.4 is 15.0 Å². The van der Waals surface area contributed by atoms with Gasteiger partial charge in [-0.15, -0.1) is 5.10 Å². The van der Waals surface area contributed by atoms with Gasteiger partial charge in [0.15, 0.2) is 5.82 Å². The minimum absolute atomic E-state index is 0.0998. The number of nitrogens with one attached hydrogen (secondary N) is 2. The Kier molecular flexibility index (Phi) is 4.76. The number of benzene rings is 1. The van der Waals surface area contributed by atoms with Crippen molar-refractivity contribution in [1.82, 2.24) is 15.2 Å². The SMILES string of the molecule is COc1ccccc1N1C[C@H](C(=O)Nc2n[nH]c([C@@H]3CCCO3)n2)CC1=O. The molecule has 0 unspecified atom stereocenters. The van der Waals surface area contributed by atoms with Gasteiger partial charge >= 0.3 is 0 Å². The minimum Gasteiger partial charge on any atom is -0.495 e. The number of methoxy groups -OCH3 is 1. The monoisotopic (exact) mass is 371 g/mol. The third-order valence-electron chi connectivity index (χ3n) is 4.84. The van der Waals surface area contributed by atoms with Gasteiger partial charge in [0, 0.05) is 19.6 Å². The van der Waals surface area contributed by atoms with Crippen LogP contribution in [0.2, 0.25) is 0 Å². The maximum atomic E-state index is 12.6. The van der Waals surface area contributed by atoms with Gasteiger partial charge in [-0.2, -0.15) is 4.98 Å². The van der Waals surface area contributed by atoms with E-state index in [-0.39, 0.29) is 36.8 Å². The average molecular weight is 371 g/mol. The van der Waals surface area contributed by atoms with Crippen molar-refractivity contribution < 1.29 is 19.1 Å². The molecule has 2 aromatic rings. The van der Waals surface area contributed by atoms with Crippen molar-refractivity contribution >= 4 is 23.5 Å². The quantitative estimate of drug-likeness (QED) is 0.827. The first-order valence-electron chi connectivity index (χ1n) is 8.94. The largest absolute Gasteiger partial charge is 0.495 e. The number of carbonyl (C=O) groups excluding carboxylic acids is 2. The summed E-state index contributed by atoms with van der Waals surface area (Å²) in [4.78, 5) is 30.9. The fraction of sp³-hybridized carbons (Fsp3) is 0.444. The molecule has 2 amide bonds. The van der Waals surface area contributed by atoms with Crippen molar-refractivity contribution in [2.45, 2.75) is 25.4 Å². The van der Waals surface area contributed by atoms with Crippen molar-refractivity contribution in [3.05, 3.63) is 30.1 Å². The topological polar surface area (TPSA) is 109 Å². The van der Waals surface area contributed by atoms with E-state index in [9.17, 15) is 9.59 Å². The molecular formula is C18H21N5O4. The van der Waals surface area contributed by atoms with E-state index >= 15 is 0 Å². The number of para-hydroxylation sites is 2. The maximum absolute atomic E-state index is 12.6. The van der Waals surface area contributed by atoms with E-state index in [1.807, 2.05) is 12.1 Å². The van der Waals surface area contributed by atoms with E-state index in [1.54, 1.807) is 24.1 Å². The van der Waals surface area contributed by atoms with E-state index in [4.69, 9.17) is 9.47 Å². The van der Waals surface area contributed by atoms with Crippen LogP contribution in [-0.2, 0) is 14.3 Å². The molecule has 142 valence electrons. The molecule has 2 saturated heterocycles. The fourth-order valence-corrected chi connectivity index (χ4v) is 3.45. The van der Waals surface area contributed by atoms with Crippen LogP contribution in [0.25, 0.3) is 0 Å². The van der Waals surface area contributed by atoms with Crippen molar-refractivity contribution in [3.63, 3.8) is 0 Å². The first-order valence-corrected chi connectivity index (χ1v) is 8.94. The lowest BCUT2D eigenvalue weighted by molar-refractivity contribution is -0.122. The number of H-pyrrole nitrogens is 1. The summed E-state index contributed by atoms with van der Waals surface area (Å²) in [6.07, 6.45) is 1.90. The molecule has 0 aliphatic carbocycles. The number of aromatic amines is 1. The number of rotatable bonds is 5. The number of nitrogens with zero attached hydrogens (tertiary/aromatic N) is 3. The molecule has 4 rings (SSSR count). The predicted molar refractivity (Wildman–Crippen MR) is 96.4 cm³/mol. The van der Waals surface area contributed by atoms with Crippen molar-refractivity contribution in [2.75, 3.05) is 30.5 Å². The van der Waals surface area contributed by atoms with Crippen LogP contribution in [0.1, 0.15) is 31.2 Å². The Morgan fingerprint density at radius 2 is 2.26 bits per heavy atom. The van der Waals surface area contributed by atoms with Gasteiger partial charge in [0.05, 0.1) is 18.7 Å². The lowest BCUT2D eigenvalue weighted by atomic mass is 10.1. The second-order valence-corrected chi connectivity index (χ2v) is 6.61. The highest BCUT2D eigenvalue weighted by Crippen LogP contribution is 2.33. The van der Waals surface area contributed by atoms with Gasteiger partial charge in [0.25, 0.3) is 0 Å². The molecule has 0 saturated carbocycles. The van der Waals surface area contributed by atoms with Crippen LogP contribution in [0.3, 0.4) is 0 Å². The highest BCUT2D eigenvalue weighted by molar-refractivity contribution is 6.03. The normalized spacial score (nSPS) is 22.3. The van der Waals surface area contributed by atoms with E-state index < -0.39 is 5.92 Å². The van der Waals surface area contributed by atoms with Crippen molar-refractivity contribution in [2.24, 2.45) is 5.92 Å². The van der Waals surface area contributed by atoms with E-state index in [0.717, 1.165) is 12.8 Å². The van der Waals surface area contributed by atoms with E-state index in [0.29, 0.717) is 23.9 Å². The zero-order valence-corrected chi connectivity index (χ0v) is 15.0. The van der Waals surface area contributed by atoms with Crippen molar-refractivity contribution in [3.8, 4) is 5.75 Å². The van der Waals surface area contributed by atoms with E-state index in [2.05, 4.69) is 20.5 Å². The Bertz CT molecular complexity index is 846. The molecule has 2 atom stereocenters. The number of amides is 2. The molecule has 2 aliphatic heterocycles. The van der Waals surface area contributed by atoms with Gasteiger partial charge in [-0.05, 0) is 25.0 Å². The molecule has 2 fully saturated rings. The van der Waals surface area contributed by atoms with Gasteiger partial charge in [-0.3, -0.25) is 20.0 Å². The van der Waals surface area contributed by atoms with Gasteiger partial charge in [0.1, 0.15) is 11.9 Å². The van der Waals surface area contributed by atoms with Gasteiger partial charge in [0.2, 0.25) is 17.8 Å². The lowest BCUT2D eigenvalue weighted by Gasteiger charge is -2.19. The molecule has 3 heterocycles. The fourth-order valence-electron chi connectivity index (χ4n) is 3.45. The van der Waals surface area contributed by atoms with Crippen LogP contribution in [-0.4, -0.2) is 47.3 Å². The first kappa shape index (κ1) is 17.5. The summed E-state index contributed by atoms with van der Waals surface area (Å²) >= 11 is 0. The predicted octanol–water partition coefficient (Wildman–Crippen LogP) is 1.66. The molecule has 2 N–H and O–H groups in total. The number of carbonyl (C=O) groups is 2. The molecule has 27 heavy (non-hydrogen) atoms. The molecule has 0 bridgehead atoms. The highest BCUT2D eigenvalue weighted by Gasteiger charge is 2.36. The summed E-state index contributed by atoms with van der Waals surface area (Å²) in [6.45, 7) is 0.990. The molecular weight excluding hydrogens is 350 g/mol. The summed E-state index contributed by atoms with van der Waals surface area (Å²) < 4.78 is 10.9. The van der Waals surface area contributed by atoms with E-state index in [1.165, 1.54) is 0 Å². The summed E-state index contributed by atoms with van der Waals surface area (Å²) in [6, 6.07) is 7.26. The van der Waals surface area contributed by atoms with Crippen LogP contribution >= 0.6 is 0 Å². The second kappa shape index (κ2) is 7.36. The Morgan fingerprint density at radius 3 is 3.04 bits per heavy atom. The second-order valence-electron chi connectivity index (χ2n) is 6.61. The van der Waals surface area contributed by atoms with Gasteiger partial charge in [-0.1, -0.05) is 12.1 Å². The maximum Gasteiger partial charge on any atom is 0.248 e. The lowest BCUT2D eigenvalue weighted by Crippen LogP contribution is -2.28. The number of hydrogen-bond acceptors (Lipinski definition) is 6. The van der Waals surface area contributed by atoms with Gasteiger partial charge in [-0.25, -0.2) is 0 Å². The molecule has 2 aliphatic rings. The average Bonchev–Trinajstić information content (AvgIpc) is 3.42. The minimum atomic E-state index is -0.480. The third-order valence-corrected chi connectivity index (χ3v) is 4.84. The molecule has 9 heteroatoms. The first-order chi connectivity index (χ1) is 13.2. The zero-order chi connectivity index (χ0) is 18.8. The number of hydrogen-bond donors (Lipinski definition) is 2. The standard InChI is InChI=1S/C18H21N5O4/c1-26-13-6-3-2-5-12(13)23-10-11(9-15(23)24)17(25)20-18-19-16(21-22-18)14-7-4-8-27-14/h2-3,5-6,11,14H,4,7-10H2,1H3,(H2,19,20,21,22,25)/t11-,14+/m1/s1. The molecule has 0 radical (unpaired) electrons. The Balaban J connectivity index is 1.42. The summed E-state index contributed by atoms with van der Waals surface area (Å²) in [7, 11) is 1.55. The molecule has 0 spiro atoms. The zero-order valence-electron chi connectivity index (χ0n) is 15.0. The van der Waals surface area contributed by atoms with Crippen molar-refractivity contribution in [1.29, 1.82) is 0 Å². The Hall–Kier alpha value is -2.94. The number of ether oxygens (including phenoxy) is 2. The molecule has 1 aromatic carbocycles.